The summed E-state index contributed by atoms with van der Waals surface area (Å²) in [7, 11) is 0. The van der Waals surface area contributed by atoms with E-state index in [-0.39, 0.29) is 0 Å². The number of fused-ring (bicyclic) bond motifs is 2. The highest BCUT2D eigenvalue weighted by atomic mass is 15.3. The molecule has 1 spiro atoms. The first kappa shape index (κ1) is 8.25. The molecule has 0 aromatic rings. The largest absolute Gasteiger partial charge is 0.313 e. The third-order valence-corrected chi connectivity index (χ3v) is 4.35. The lowest BCUT2D eigenvalue weighted by Gasteiger charge is -2.47. The molecule has 0 aromatic heterocycles. The van der Waals surface area contributed by atoms with Gasteiger partial charge in [-0.15, -0.1) is 0 Å². The Hall–Kier alpha value is -0.0800. The number of hydrogen-bond donors (Lipinski definition) is 1. The van der Waals surface area contributed by atoms with Gasteiger partial charge in [0.15, 0.2) is 0 Å². The van der Waals surface area contributed by atoms with Gasteiger partial charge in [0.1, 0.15) is 0 Å². The van der Waals surface area contributed by atoms with E-state index in [2.05, 4.69) is 10.2 Å². The molecule has 2 aliphatic heterocycles. The Kier molecular flexibility index (Phi) is 1.88. The monoisotopic (exact) mass is 180 g/mol. The molecule has 3 aliphatic rings. The fourth-order valence-corrected chi connectivity index (χ4v) is 3.74. The highest BCUT2D eigenvalue weighted by Gasteiger charge is 2.46. The molecule has 0 amide bonds. The quantitative estimate of drug-likeness (QED) is 0.605. The lowest BCUT2D eigenvalue weighted by atomic mass is 9.91. The lowest BCUT2D eigenvalue weighted by molar-refractivity contribution is 0.0471. The standard InChI is InChI=1S/C11H20N2/c1-2-6-11(5-1)9-12-8-10-4-3-7-13(10)11/h10,12H,1-9H2/t10-/m0/s1. The molecule has 1 aliphatic carbocycles. The van der Waals surface area contributed by atoms with Gasteiger partial charge in [0.25, 0.3) is 0 Å². The fourth-order valence-electron chi connectivity index (χ4n) is 3.74. The Morgan fingerprint density at radius 1 is 1.15 bits per heavy atom. The van der Waals surface area contributed by atoms with Crippen LogP contribution >= 0.6 is 0 Å². The molecule has 2 nitrogen and oxygen atoms in total. The Morgan fingerprint density at radius 3 is 2.85 bits per heavy atom. The molecule has 3 rings (SSSR count). The molecule has 0 bridgehead atoms. The second-order valence-electron chi connectivity index (χ2n) is 5.05. The smallest absolute Gasteiger partial charge is 0.0337 e. The second-order valence-corrected chi connectivity index (χ2v) is 5.05. The van der Waals surface area contributed by atoms with Gasteiger partial charge in [-0.25, -0.2) is 0 Å². The van der Waals surface area contributed by atoms with Crippen molar-refractivity contribution in [3.8, 4) is 0 Å². The molecule has 1 N–H and O–H groups in total. The van der Waals surface area contributed by atoms with Crippen molar-refractivity contribution in [2.75, 3.05) is 19.6 Å². The minimum atomic E-state index is 0.597. The van der Waals surface area contributed by atoms with Gasteiger partial charge in [0, 0.05) is 24.7 Å². The van der Waals surface area contributed by atoms with Crippen molar-refractivity contribution < 1.29 is 0 Å². The highest BCUT2D eigenvalue weighted by Crippen LogP contribution is 2.40. The predicted octanol–water partition coefficient (Wildman–Crippen LogP) is 1.37. The van der Waals surface area contributed by atoms with Gasteiger partial charge in [0.05, 0.1) is 0 Å². The van der Waals surface area contributed by atoms with E-state index in [4.69, 9.17) is 0 Å². The second kappa shape index (κ2) is 2.96. The van der Waals surface area contributed by atoms with Gasteiger partial charge in [-0.05, 0) is 32.2 Å². The van der Waals surface area contributed by atoms with Gasteiger partial charge < -0.3 is 5.32 Å². The van der Waals surface area contributed by atoms with Crippen LogP contribution in [-0.2, 0) is 0 Å². The molecule has 0 aromatic carbocycles. The number of rotatable bonds is 0. The van der Waals surface area contributed by atoms with Crippen LogP contribution in [0.25, 0.3) is 0 Å². The van der Waals surface area contributed by atoms with Gasteiger partial charge >= 0.3 is 0 Å². The van der Waals surface area contributed by atoms with E-state index in [1.807, 2.05) is 0 Å². The molecule has 74 valence electrons. The Morgan fingerprint density at radius 2 is 2.00 bits per heavy atom. The molecule has 1 saturated carbocycles. The van der Waals surface area contributed by atoms with E-state index in [9.17, 15) is 0 Å². The fraction of sp³-hybridized carbons (Fsp3) is 1.00. The average molecular weight is 180 g/mol. The van der Waals surface area contributed by atoms with Crippen LogP contribution in [0.5, 0.6) is 0 Å². The van der Waals surface area contributed by atoms with E-state index in [0.717, 1.165) is 6.04 Å². The summed E-state index contributed by atoms with van der Waals surface area (Å²) in [5.41, 5.74) is 0.597. The first-order chi connectivity index (χ1) is 6.41. The van der Waals surface area contributed by atoms with Gasteiger partial charge in [-0.1, -0.05) is 12.8 Å². The number of piperazine rings is 1. The number of hydrogen-bond acceptors (Lipinski definition) is 2. The summed E-state index contributed by atoms with van der Waals surface area (Å²) in [6.45, 7) is 3.90. The summed E-state index contributed by atoms with van der Waals surface area (Å²) in [6.07, 6.45) is 8.71. The zero-order valence-electron chi connectivity index (χ0n) is 8.39. The van der Waals surface area contributed by atoms with Gasteiger partial charge in [-0.2, -0.15) is 0 Å². The number of nitrogens with zero attached hydrogens (tertiary/aromatic N) is 1. The molecule has 0 unspecified atom stereocenters. The van der Waals surface area contributed by atoms with E-state index < -0.39 is 0 Å². The van der Waals surface area contributed by atoms with E-state index in [1.165, 1.54) is 58.2 Å². The molecule has 2 heterocycles. The minimum absolute atomic E-state index is 0.597. The van der Waals surface area contributed by atoms with Crippen molar-refractivity contribution in [2.45, 2.75) is 50.1 Å². The molecular formula is C11H20N2. The zero-order chi connectivity index (χ0) is 8.73. The van der Waals surface area contributed by atoms with Crippen molar-refractivity contribution in [3.05, 3.63) is 0 Å². The summed E-state index contributed by atoms with van der Waals surface area (Å²) in [5.74, 6) is 0. The summed E-state index contributed by atoms with van der Waals surface area (Å²) in [6, 6.07) is 0.881. The third-order valence-electron chi connectivity index (χ3n) is 4.35. The van der Waals surface area contributed by atoms with Crippen molar-refractivity contribution in [1.29, 1.82) is 0 Å². The van der Waals surface area contributed by atoms with Crippen molar-refractivity contribution in [3.63, 3.8) is 0 Å². The molecule has 0 radical (unpaired) electrons. The Balaban J connectivity index is 1.85. The molecule has 1 atom stereocenters. The summed E-state index contributed by atoms with van der Waals surface area (Å²) in [5, 5.41) is 3.65. The average Bonchev–Trinajstić information content (AvgIpc) is 2.74. The van der Waals surface area contributed by atoms with Crippen LogP contribution in [0.4, 0.5) is 0 Å². The van der Waals surface area contributed by atoms with Crippen LogP contribution in [-0.4, -0.2) is 36.1 Å². The molecule has 2 heteroatoms. The summed E-state index contributed by atoms with van der Waals surface area (Å²) >= 11 is 0. The maximum atomic E-state index is 3.65. The normalized spacial score (nSPS) is 38.3. The molecule has 3 fully saturated rings. The Labute approximate surface area is 80.7 Å². The topological polar surface area (TPSA) is 15.3 Å². The zero-order valence-corrected chi connectivity index (χ0v) is 8.39. The van der Waals surface area contributed by atoms with Crippen molar-refractivity contribution in [2.24, 2.45) is 0 Å². The van der Waals surface area contributed by atoms with Crippen LogP contribution in [0.3, 0.4) is 0 Å². The highest BCUT2D eigenvalue weighted by molar-refractivity contribution is 5.04. The first-order valence-electron chi connectivity index (χ1n) is 5.88. The maximum Gasteiger partial charge on any atom is 0.0337 e. The van der Waals surface area contributed by atoms with Crippen LogP contribution < -0.4 is 5.32 Å². The Bertz CT molecular complexity index is 196. The van der Waals surface area contributed by atoms with Crippen LogP contribution in [0.15, 0.2) is 0 Å². The lowest BCUT2D eigenvalue weighted by Crippen LogP contribution is -2.62. The summed E-state index contributed by atoms with van der Waals surface area (Å²) in [4.78, 5) is 2.84. The SMILES string of the molecule is C1C[C@H]2CNCC3(CCCC3)N2C1. The van der Waals surface area contributed by atoms with Crippen molar-refractivity contribution in [1.82, 2.24) is 10.2 Å². The van der Waals surface area contributed by atoms with Gasteiger partial charge in [0.2, 0.25) is 0 Å². The van der Waals surface area contributed by atoms with E-state index >= 15 is 0 Å². The first-order valence-corrected chi connectivity index (χ1v) is 5.88. The minimum Gasteiger partial charge on any atom is -0.313 e. The van der Waals surface area contributed by atoms with E-state index in [1.54, 1.807) is 0 Å². The molecular weight excluding hydrogens is 160 g/mol. The molecule has 2 saturated heterocycles. The van der Waals surface area contributed by atoms with Gasteiger partial charge in [-0.3, -0.25) is 4.90 Å². The molecule has 13 heavy (non-hydrogen) atoms. The van der Waals surface area contributed by atoms with Crippen molar-refractivity contribution >= 4 is 0 Å². The van der Waals surface area contributed by atoms with Crippen LogP contribution in [0.1, 0.15) is 38.5 Å². The third kappa shape index (κ3) is 1.15. The summed E-state index contributed by atoms with van der Waals surface area (Å²) < 4.78 is 0. The maximum absolute atomic E-state index is 3.65. The van der Waals surface area contributed by atoms with E-state index in [0.29, 0.717) is 5.54 Å². The van der Waals surface area contributed by atoms with Crippen LogP contribution in [0.2, 0.25) is 0 Å². The number of nitrogens with one attached hydrogen (secondary N) is 1. The van der Waals surface area contributed by atoms with Crippen LogP contribution in [0, 0.1) is 0 Å². The predicted molar refractivity (Wildman–Crippen MR) is 53.8 cm³/mol.